The van der Waals surface area contributed by atoms with Crippen molar-refractivity contribution in [3.8, 4) is 0 Å². The Hall–Kier alpha value is 0.652. The van der Waals surface area contributed by atoms with Gasteiger partial charge in [-0.2, -0.15) is 0 Å². The molecular formula is C3H9O9S3Tl. The fourth-order valence-corrected chi connectivity index (χ4v) is 0. The maximum Gasteiger partial charge on any atom is 3.00 e. The number of hydrogen-bond donors (Lipinski definition) is 0. The van der Waals surface area contributed by atoms with E-state index < -0.39 is 30.4 Å². The molecule has 0 aliphatic heterocycles. The summed E-state index contributed by atoms with van der Waals surface area (Å²) >= 11 is 0. The van der Waals surface area contributed by atoms with Crippen molar-refractivity contribution in [1.82, 2.24) is 0 Å². The molecule has 0 aromatic carbocycles. The van der Waals surface area contributed by atoms with Crippen LogP contribution in [0.5, 0.6) is 0 Å². The van der Waals surface area contributed by atoms with E-state index in [1.807, 2.05) is 0 Å². The second-order valence-electron chi connectivity index (χ2n) is 2.11. The minimum atomic E-state index is -3.92. The third kappa shape index (κ3) is 6420. The fourth-order valence-electron chi connectivity index (χ4n) is 0. The Morgan fingerprint density at radius 1 is 0.562 bits per heavy atom. The van der Waals surface area contributed by atoms with E-state index in [2.05, 4.69) is 0 Å². The maximum atomic E-state index is 9.08. The van der Waals surface area contributed by atoms with Crippen LogP contribution in [0.15, 0.2) is 0 Å². The Morgan fingerprint density at radius 3 is 0.562 bits per heavy atom. The second-order valence-corrected chi connectivity index (χ2v) is 6.34. The van der Waals surface area contributed by atoms with Crippen molar-refractivity contribution in [2.45, 2.75) is 0 Å². The summed E-state index contributed by atoms with van der Waals surface area (Å²) in [6, 6.07) is 0. The van der Waals surface area contributed by atoms with Gasteiger partial charge in [-0.15, -0.1) is 0 Å². The summed E-state index contributed by atoms with van der Waals surface area (Å²) in [6.07, 6.45) is 1.81. The van der Waals surface area contributed by atoms with Gasteiger partial charge in [0.05, 0.1) is 30.4 Å². The standard InChI is InChI=1S/3CH4O3S.Tl/c3*1-5(2,3)4;/h3*1H3,(H,2,3,4);/q;;;+3/p-3. The number of hydrogen-bond acceptors (Lipinski definition) is 9. The third-order valence-corrected chi connectivity index (χ3v) is 0. The fraction of sp³-hybridized carbons (Fsp3) is 1.00. The van der Waals surface area contributed by atoms with E-state index in [4.69, 9.17) is 38.9 Å². The van der Waals surface area contributed by atoms with E-state index in [1.165, 1.54) is 0 Å². The molecule has 0 heterocycles. The van der Waals surface area contributed by atoms with Gasteiger partial charge in [0, 0.05) is 18.8 Å². The predicted octanol–water partition coefficient (Wildman–Crippen LogP) is -2.90. The second kappa shape index (κ2) is 9.66. The van der Waals surface area contributed by atoms with E-state index in [9.17, 15) is 0 Å². The Balaban J connectivity index is -0.0000000655. The summed E-state index contributed by atoms with van der Waals surface area (Å²) in [7, 11) is -11.8. The Morgan fingerprint density at radius 2 is 0.562 bits per heavy atom. The van der Waals surface area contributed by atoms with Gasteiger partial charge < -0.3 is 13.7 Å². The van der Waals surface area contributed by atoms with Gasteiger partial charge in [-0.3, -0.25) is 0 Å². The first-order chi connectivity index (χ1) is 6.00. The Labute approximate surface area is 115 Å². The molecule has 16 heavy (non-hydrogen) atoms. The van der Waals surface area contributed by atoms with Crippen molar-refractivity contribution in [1.29, 1.82) is 0 Å². The molecular weight excluding hydrogens is 481 g/mol. The van der Waals surface area contributed by atoms with Crippen LogP contribution in [-0.2, 0) is 30.4 Å². The van der Waals surface area contributed by atoms with Gasteiger partial charge in [-0.25, -0.2) is 25.3 Å². The molecule has 0 saturated heterocycles. The molecule has 0 fully saturated rings. The van der Waals surface area contributed by atoms with Crippen LogP contribution >= 0.6 is 0 Å². The van der Waals surface area contributed by atoms with E-state index in [0.29, 0.717) is 18.8 Å². The van der Waals surface area contributed by atoms with Crippen LogP contribution in [0.2, 0.25) is 0 Å². The smallest absolute Gasteiger partial charge is 0.748 e. The van der Waals surface area contributed by atoms with Gasteiger partial charge in [-0.1, -0.05) is 0 Å². The molecule has 0 radical (unpaired) electrons. The summed E-state index contributed by atoms with van der Waals surface area (Å²) in [5.41, 5.74) is 0. The molecule has 13 heteroatoms. The van der Waals surface area contributed by atoms with Crippen molar-refractivity contribution in [3.63, 3.8) is 0 Å². The minimum Gasteiger partial charge on any atom is -0.748 e. The monoisotopic (exact) mass is 490 g/mol. The van der Waals surface area contributed by atoms with E-state index >= 15 is 0 Å². The molecule has 0 spiro atoms. The maximum absolute atomic E-state index is 9.08. The van der Waals surface area contributed by atoms with E-state index in [0.717, 1.165) is 0 Å². The van der Waals surface area contributed by atoms with Crippen LogP contribution < -0.4 is 0 Å². The average molecular weight is 490 g/mol. The molecule has 9 nitrogen and oxygen atoms in total. The van der Waals surface area contributed by atoms with Gasteiger partial charge in [0.1, 0.15) is 0 Å². The van der Waals surface area contributed by atoms with Crippen LogP contribution in [0.4, 0.5) is 0 Å². The summed E-state index contributed by atoms with van der Waals surface area (Å²) in [6.45, 7) is 0. The van der Waals surface area contributed by atoms with Crippen molar-refractivity contribution in [2.75, 3.05) is 18.8 Å². The van der Waals surface area contributed by atoms with Crippen LogP contribution in [0, 0.1) is 0 Å². The average Bonchev–Trinajstić information content (AvgIpc) is 1.41. The molecule has 0 bridgehead atoms. The molecule has 0 rings (SSSR count). The number of rotatable bonds is 0. The van der Waals surface area contributed by atoms with Crippen molar-refractivity contribution >= 4 is 57.7 Å². The zero-order valence-electron chi connectivity index (χ0n) is 8.48. The molecule has 0 unspecified atom stereocenters. The Kier molecular flexibility index (Phi) is 15.4. The zero-order chi connectivity index (χ0) is 13.5. The summed E-state index contributed by atoms with van der Waals surface area (Å²) in [5.74, 6) is 0. The first-order valence-electron chi connectivity index (χ1n) is 2.72. The van der Waals surface area contributed by atoms with Crippen molar-refractivity contribution in [3.05, 3.63) is 0 Å². The first kappa shape index (κ1) is 25.5. The summed E-state index contributed by atoms with van der Waals surface area (Å²) < 4.78 is 81.7. The summed E-state index contributed by atoms with van der Waals surface area (Å²) in [4.78, 5) is 0. The quantitative estimate of drug-likeness (QED) is 0.256. The Bertz CT molecular complexity index is 347. The van der Waals surface area contributed by atoms with Gasteiger partial charge in [-0.05, 0) is 0 Å². The molecule has 0 amide bonds. The van der Waals surface area contributed by atoms with Crippen LogP contribution in [-0.4, -0.2) is 85.0 Å². The van der Waals surface area contributed by atoms with Gasteiger partial charge >= 0.3 is 27.3 Å². The minimum absolute atomic E-state index is 0. The van der Waals surface area contributed by atoms with Gasteiger partial charge in [0.25, 0.3) is 0 Å². The molecule has 0 aliphatic rings. The topological polar surface area (TPSA) is 172 Å². The van der Waals surface area contributed by atoms with Crippen LogP contribution in [0.1, 0.15) is 0 Å². The third-order valence-electron chi connectivity index (χ3n) is 0. The molecule has 0 saturated carbocycles. The van der Waals surface area contributed by atoms with Crippen molar-refractivity contribution in [2.24, 2.45) is 0 Å². The molecule has 0 aromatic heterocycles. The molecule has 0 aliphatic carbocycles. The first-order valence-corrected chi connectivity index (χ1v) is 8.17. The van der Waals surface area contributed by atoms with E-state index in [-0.39, 0.29) is 27.3 Å². The molecule has 96 valence electrons. The zero-order valence-corrected chi connectivity index (χ0v) is 15.4. The summed E-state index contributed by atoms with van der Waals surface area (Å²) in [5, 5.41) is 0. The van der Waals surface area contributed by atoms with Crippen LogP contribution in [0.25, 0.3) is 0 Å². The SMILES string of the molecule is CS(=O)(=O)[O-].CS(=O)(=O)[O-].CS(=O)(=O)[O-].[Tl+3]. The predicted molar refractivity (Wildman–Crippen MR) is 52.6 cm³/mol. The van der Waals surface area contributed by atoms with Crippen molar-refractivity contribution < 1.29 is 38.9 Å². The molecule has 0 aromatic rings. The molecule has 0 N–H and O–H groups in total. The van der Waals surface area contributed by atoms with Gasteiger partial charge in [0.2, 0.25) is 0 Å². The normalized spacial score (nSPS) is 10.9. The van der Waals surface area contributed by atoms with Gasteiger partial charge in [0.15, 0.2) is 0 Å². The van der Waals surface area contributed by atoms with E-state index in [1.54, 1.807) is 0 Å². The largest absolute Gasteiger partial charge is 3.00 e. The molecule has 0 atom stereocenters. The van der Waals surface area contributed by atoms with Crippen LogP contribution in [0.3, 0.4) is 0 Å².